The van der Waals surface area contributed by atoms with Crippen LogP contribution < -0.4 is 4.73 Å². The van der Waals surface area contributed by atoms with Crippen LogP contribution in [0.1, 0.15) is 15.9 Å². The third kappa shape index (κ3) is 2.39. The summed E-state index contributed by atoms with van der Waals surface area (Å²) < 4.78 is 5.28. The highest BCUT2D eigenvalue weighted by atomic mass is 35.5. The molecule has 1 aromatic heterocycles. The number of ether oxygens (including phenoxy) is 1. The fraction of sp³-hybridized carbons (Fsp3) is 0.143. The largest absolute Gasteiger partial charge is 0.617 e. The minimum absolute atomic E-state index is 0.0176. The van der Waals surface area contributed by atoms with Gasteiger partial charge in [0.1, 0.15) is 5.56 Å². The fourth-order valence-electron chi connectivity index (χ4n) is 1.92. The number of pyridine rings is 1. The first-order chi connectivity index (χ1) is 9.06. The second kappa shape index (κ2) is 5.28. The second-order valence-electron chi connectivity index (χ2n) is 4.03. The van der Waals surface area contributed by atoms with Gasteiger partial charge in [-0.3, -0.25) is 0 Å². The van der Waals surface area contributed by atoms with E-state index in [1.807, 2.05) is 6.07 Å². The van der Waals surface area contributed by atoms with Crippen LogP contribution in [-0.4, -0.2) is 13.1 Å². The Labute approximate surface area is 115 Å². The molecule has 4 nitrogen and oxygen atoms in total. The van der Waals surface area contributed by atoms with Crippen molar-refractivity contribution in [3.05, 3.63) is 57.9 Å². The zero-order valence-corrected chi connectivity index (χ0v) is 11.3. The molecule has 2 aromatic rings. The molecule has 0 fully saturated rings. The van der Waals surface area contributed by atoms with Gasteiger partial charge in [-0.2, -0.15) is 4.73 Å². The van der Waals surface area contributed by atoms with Gasteiger partial charge in [0.15, 0.2) is 0 Å². The number of benzene rings is 1. The van der Waals surface area contributed by atoms with Crippen molar-refractivity contribution in [3.63, 3.8) is 0 Å². The Morgan fingerprint density at radius 2 is 1.95 bits per heavy atom. The van der Waals surface area contributed by atoms with Crippen molar-refractivity contribution in [1.29, 1.82) is 0 Å². The molecule has 0 unspecified atom stereocenters. The standard InChI is InChI=1S/C14H12ClNO3/c1-9-8-11(15)16(18)13(12(9)14(17)19-2)10-6-4-3-5-7-10/h3-8H,1-2H3. The summed E-state index contributed by atoms with van der Waals surface area (Å²) in [6, 6.07) is 10.3. The maximum absolute atomic E-state index is 12.1. The Hall–Kier alpha value is -2.07. The zero-order valence-electron chi connectivity index (χ0n) is 10.5. The van der Waals surface area contributed by atoms with E-state index in [1.165, 1.54) is 13.2 Å². The van der Waals surface area contributed by atoms with Crippen molar-refractivity contribution in [2.45, 2.75) is 6.92 Å². The molecule has 0 radical (unpaired) electrons. The summed E-state index contributed by atoms with van der Waals surface area (Å²) in [7, 11) is 1.28. The summed E-state index contributed by atoms with van der Waals surface area (Å²) in [5.74, 6) is -0.558. The minimum atomic E-state index is -0.558. The SMILES string of the molecule is COC(=O)c1c(C)cc(Cl)[n+]([O-])c1-c1ccccc1. The van der Waals surface area contributed by atoms with Crippen LogP contribution >= 0.6 is 11.6 Å². The maximum Gasteiger partial charge on any atom is 0.345 e. The smallest absolute Gasteiger partial charge is 0.345 e. The molecular formula is C14H12ClNO3. The number of halogens is 1. The van der Waals surface area contributed by atoms with Gasteiger partial charge in [-0.05, 0) is 36.2 Å². The first kappa shape index (κ1) is 13.4. The molecule has 0 aliphatic carbocycles. The third-order valence-electron chi connectivity index (χ3n) is 2.80. The Bertz CT molecular complexity index is 626. The van der Waals surface area contributed by atoms with Crippen LogP contribution in [0.3, 0.4) is 0 Å². The molecule has 1 aromatic carbocycles. The molecule has 5 heteroatoms. The molecule has 1 heterocycles. The first-order valence-corrected chi connectivity index (χ1v) is 6.00. The lowest BCUT2D eigenvalue weighted by atomic mass is 10.0. The van der Waals surface area contributed by atoms with E-state index in [-0.39, 0.29) is 16.4 Å². The lowest BCUT2D eigenvalue weighted by Gasteiger charge is -2.12. The van der Waals surface area contributed by atoms with Crippen molar-refractivity contribution in [1.82, 2.24) is 0 Å². The first-order valence-electron chi connectivity index (χ1n) is 5.62. The number of hydrogen-bond acceptors (Lipinski definition) is 3. The number of hydrogen-bond donors (Lipinski definition) is 0. The third-order valence-corrected chi connectivity index (χ3v) is 3.06. The number of esters is 1. The van der Waals surface area contributed by atoms with Crippen LogP contribution in [0.2, 0.25) is 5.15 Å². The molecule has 0 spiro atoms. The summed E-state index contributed by atoms with van der Waals surface area (Å²) in [6.45, 7) is 1.71. The zero-order chi connectivity index (χ0) is 14.0. The molecule has 0 saturated heterocycles. The van der Waals surface area contributed by atoms with Crippen LogP contribution in [0, 0.1) is 12.1 Å². The number of aromatic nitrogens is 1. The maximum atomic E-state index is 12.1. The van der Waals surface area contributed by atoms with Gasteiger partial charge in [-0.25, -0.2) is 4.79 Å². The van der Waals surface area contributed by atoms with Crippen molar-refractivity contribution in [2.75, 3.05) is 7.11 Å². The van der Waals surface area contributed by atoms with Gasteiger partial charge in [0.2, 0.25) is 5.69 Å². The van der Waals surface area contributed by atoms with Crippen molar-refractivity contribution in [3.8, 4) is 11.3 Å². The van der Waals surface area contributed by atoms with E-state index in [2.05, 4.69) is 0 Å². The summed E-state index contributed by atoms with van der Waals surface area (Å²) in [5, 5.41) is 12.2. The number of carbonyl (C=O) groups excluding carboxylic acids is 1. The molecule has 0 aliphatic rings. The highest BCUT2D eigenvalue weighted by molar-refractivity contribution is 6.28. The van der Waals surface area contributed by atoms with E-state index in [1.54, 1.807) is 31.2 Å². The lowest BCUT2D eigenvalue weighted by molar-refractivity contribution is -0.591. The van der Waals surface area contributed by atoms with Crippen molar-refractivity contribution in [2.24, 2.45) is 0 Å². The van der Waals surface area contributed by atoms with Crippen molar-refractivity contribution < 1.29 is 14.3 Å². The number of carbonyl (C=O) groups is 1. The Morgan fingerprint density at radius 3 is 2.53 bits per heavy atom. The second-order valence-corrected chi connectivity index (χ2v) is 4.41. The number of rotatable bonds is 2. The van der Waals surface area contributed by atoms with Crippen LogP contribution in [0.15, 0.2) is 36.4 Å². The van der Waals surface area contributed by atoms with E-state index < -0.39 is 5.97 Å². The summed E-state index contributed by atoms with van der Waals surface area (Å²) in [4.78, 5) is 11.9. The molecule has 0 bridgehead atoms. The van der Waals surface area contributed by atoms with Gasteiger partial charge in [-0.15, -0.1) is 0 Å². The van der Waals surface area contributed by atoms with Gasteiger partial charge >= 0.3 is 5.97 Å². The summed E-state index contributed by atoms with van der Waals surface area (Å²) >= 11 is 5.89. The van der Waals surface area contributed by atoms with E-state index in [0.29, 0.717) is 15.9 Å². The van der Waals surface area contributed by atoms with Crippen molar-refractivity contribution >= 4 is 17.6 Å². The number of methoxy groups -OCH3 is 1. The molecule has 0 atom stereocenters. The molecule has 0 amide bonds. The van der Waals surface area contributed by atoms with Crippen LogP contribution in [0.25, 0.3) is 11.3 Å². The quantitative estimate of drug-likeness (QED) is 0.367. The Morgan fingerprint density at radius 1 is 1.32 bits per heavy atom. The van der Waals surface area contributed by atoms with Crippen LogP contribution in [-0.2, 0) is 4.74 Å². The molecule has 0 saturated carbocycles. The predicted molar refractivity (Wildman–Crippen MR) is 71.9 cm³/mol. The molecule has 19 heavy (non-hydrogen) atoms. The van der Waals surface area contributed by atoms with E-state index in [4.69, 9.17) is 16.3 Å². The van der Waals surface area contributed by atoms with Gasteiger partial charge in [0.25, 0.3) is 5.15 Å². The topological polar surface area (TPSA) is 53.2 Å². The fourth-order valence-corrected chi connectivity index (χ4v) is 2.17. The highest BCUT2D eigenvalue weighted by Gasteiger charge is 2.26. The van der Waals surface area contributed by atoms with Crippen LogP contribution in [0.4, 0.5) is 0 Å². The van der Waals surface area contributed by atoms with Gasteiger partial charge in [0.05, 0.1) is 7.11 Å². The lowest BCUT2D eigenvalue weighted by Crippen LogP contribution is -2.33. The number of aryl methyl sites for hydroxylation is 1. The molecule has 0 N–H and O–H groups in total. The summed E-state index contributed by atoms with van der Waals surface area (Å²) in [6.07, 6.45) is 0. The minimum Gasteiger partial charge on any atom is -0.617 e. The van der Waals surface area contributed by atoms with Crippen LogP contribution in [0.5, 0.6) is 0 Å². The Kier molecular flexibility index (Phi) is 3.71. The van der Waals surface area contributed by atoms with Gasteiger partial charge in [0, 0.05) is 11.6 Å². The number of nitrogens with zero attached hydrogens (tertiary/aromatic N) is 1. The molecular weight excluding hydrogens is 266 g/mol. The molecule has 0 aliphatic heterocycles. The van der Waals surface area contributed by atoms with E-state index in [9.17, 15) is 10.0 Å². The molecule has 98 valence electrons. The van der Waals surface area contributed by atoms with E-state index in [0.717, 1.165) is 0 Å². The van der Waals surface area contributed by atoms with Gasteiger partial charge < -0.3 is 9.94 Å². The summed E-state index contributed by atoms with van der Waals surface area (Å²) in [5.41, 5.74) is 1.65. The normalized spacial score (nSPS) is 10.3. The average Bonchev–Trinajstić information content (AvgIpc) is 2.42. The van der Waals surface area contributed by atoms with E-state index >= 15 is 0 Å². The monoisotopic (exact) mass is 277 g/mol. The highest BCUT2D eigenvalue weighted by Crippen LogP contribution is 2.25. The predicted octanol–water partition coefficient (Wildman–Crippen LogP) is 2.74. The average molecular weight is 278 g/mol. The molecule has 2 rings (SSSR count). The Balaban J connectivity index is 2.80. The van der Waals surface area contributed by atoms with Gasteiger partial charge in [-0.1, -0.05) is 18.2 Å².